The zero-order valence-corrected chi connectivity index (χ0v) is 10.6. The molecule has 2 atom stereocenters. The van der Waals surface area contributed by atoms with Crippen molar-refractivity contribution in [3.63, 3.8) is 0 Å². The van der Waals surface area contributed by atoms with Gasteiger partial charge in [-0.15, -0.1) is 0 Å². The molecule has 0 aromatic carbocycles. The summed E-state index contributed by atoms with van der Waals surface area (Å²) in [7, 11) is 0. The fourth-order valence-electron chi connectivity index (χ4n) is 2.78. The Morgan fingerprint density at radius 3 is 2.76 bits per heavy atom. The first kappa shape index (κ1) is 12.3. The highest BCUT2D eigenvalue weighted by molar-refractivity contribution is 5.23. The van der Waals surface area contributed by atoms with Gasteiger partial charge in [0.15, 0.2) is 0 Å². The van der Waals surface area contributed by atoms with Crippen LogP contribution in [0.4, 0.5) is 0 Å². The van der Waals surface area contributed by atoms with Crippen LogP contribution in [0.2, 0.25) is 0 Å². The Kier molecular flexibility index (Phi) is 3.62. The molecule has 2 unspecified atom stereocenters. The molecule has 3 N–H and O–H groups in total. The van der Waals surface area contributed by atoms with Gasteiger partial charge in [0.25, 0.3) is 5.56 Å². The van der Waals surface area contributed by atoms with Crippen molar-refractivity contribution in [2.45, 2.75) is 57.9 Å². The first-order chi connectivity index (χ1) is 8.13. The van der Waals surface area contributed by atoms with E-state index >= 15 is 0 Å². The van der Waals surface area contributed by atoms with Crippen molar-refractivity contribution in [2.75, 3.05) is 0 Å². The predicted molar refractivity (Wildman–Crippen MR) is 68.2 cm³/mol. The van der Waals surface area contributed by atoms with Crippen molar-refractivity contribution < 1.29 is 0 Å². The van der Waals surface area contributed by atoms with Crippen LogP contribution < -0.4 is 11.3 Å². The summed E-state index contributed by atoms with van der Waals surface area (Å²) in [6, 6.07) is 0.155. The Balaban J connectivity index is 2.45. The number of H-pyrrole nitrogens is 1. The zero-order valence-electron chi connectivity index (χ0n) is 10.6. The molecule has 1 heterocycles. The molecule has 0 amide bonds. The quantitative estimate of drug-likeness (QED) is 0.818. The summed E-state index contributed by atoms with van der Waals surface area (Å²) in [4.78, 5) is 19.2. The topological polar surface area (TPSA) is 71.8 Å². The standard InChI is InChI=1S/C13H21N3O/c1-3-9-12(15-8(2)16-13(9)17)10-6-4-5-7-11(10)14/h10-11H,3-7,14H2,1-2H3,(H,15,16,17). The zero-order chi connectivity index (χ0) is 12.4. The van der Waals surface area contributed by atoms with E-state index in [-0.39, 0.29) is 17.5 Å². The maximum Gasteiger partial charge on any atom is 0.254 e. The van der Waals surface area contributed by atoms with Crippen LogP contribution >= 0.6 is 0 Å². The number of aromatic amines is 1. The number of nitrogens with zero attached hydrogens (tertiary/aromatic N) is 1. The van der Waals surface area contributed by atoms with Crippen LogP contribution in [0.1, 0.15) is 55.6 Å². The number of nitrogens with two attached hydrogens (primary N) is 1. The SMILES string of the molecule is CCc1c(C2CCCCC2N)nc(C)[nH]c1=O. The summed E-state index contributed by atoms with van der Waals surface area (Å²) in [5.41, 5.74) is 7.95. The number of aryl methyl sites for hydroxylation is 1. The molecule has 4 nitrogen and oxygen atoms in total. The lowest BCUT2D eigenvalue weighted by atomic mass is 9.81. The summed E-state index contributed by atoms with van der Waals surface area (Å²) in [6.45, 7) is 3.83. The summed E-state index contributed by atoms with van der Waals surface area (Å²) in [6.07, 6.45) is 5.21. The molecule has 0 radical (unpaired) electrons. The van der Waals surface area contributed by atoms with Gasteiger partial charge in [-0.05, 0) is 26.2 Å². The fraction of sp³-hybridized carbons (Fsp3) is 0.692. The van der Waals surface area contributed by atoms with Crippen LogP contribution in [0.25, 0.3) is 0 Å². The van der Waals surface area contributed by atoms with Crippen LogP contribution in [-0.4, -0.2) is 16.0 Å². The van der Waals surface area contributed by atoms with Gasteiger partial charge in [0, 0.05) is 17.5 Å². The van der Waals surface area contributed by atoms with Crippen molar-refractivity contribution in [3.8, 4) is 0 Å². The number of hydrogen-bond donors (Lipinski definition) is 2. The van der Waals surface area contributed by atoms with Crippen molar-refractivity contribution in [3.05, 3.63) is 27.4 Å². The lowest BCUT2D eigenvalue weighted by molar-refractivity contribution is 0.376. The monoisotopic (exact) mass is 235 g/mol. The molecule has 1 saturated carbocycles. The molecule has 1 fully saturated rings. The molecule has 2 rings (SSSR count). The van der Waals surface area contributed by atoms with Crippen LogP contribution in [0.3, 0.4) is 0 Å². The highest BCUT2D eigenvalue weighted by Crippen LogP contribution is 2.31. The first-order valence-corrected chi connectivity index (χ1v) is 6.48. The molecule has 1 aliphatic rings. The molecule has 94 valence electrons. The van der Waals surface area contributed by atoms with Crippen LogP contribution in [0, 0.1) is 6.92 Å². The minimum Gasteiger partial charge on any atom is -0.327 e. The minimum absolute atomic E-state index is 0.00720. The van der Waals surface area contributed by atoms with E-state index in [0.717, 1.165) is 30.5 Å². The van der Waals surface area contributed by atoms with Gasteiger partial charge in [0.1, 0.15) is 5.82 Å². The Morgan fingerprint density at radius 1 is 1.41 bits per heavy atom. The average Bonchev–Trinajstić information content (AvgIpc) is 2.28. The number of rotatable bonds is 2. The van der Waals surface area contributed by atoms with Gasteiger partial charge in [-0.25, -0.2) is 4.98 Å². The second kappa shape index (κ2) is 5.00. The molecule has 4 heteroatoms. The van der Waals surface area contributed by atoms with E-state index < -0.39 is 0 Å². The van der Waals surface area contributed by atoms with Crippen molar-refractivity contribution in [2.24, 2.45) is 5.73 Å². The molecule has 17 heavy (non-hydrogen) atoms. The predicted octanol–water partition coefficient (Wildman–Crippen LogP) is 1.63. The second-order valence-electron chi connectivity index (χ2n) is 4.92. The van der Waals surface area contributed by atoms with E-state index in [4.69, 9.17) is 5.73 Å². The van der Waals surface area contributed by atoms with Gasteiger partial charge in [-0.3, -0.25) is 4.79 Å². The van der Waals surface area contributed by atoms with Gasteiger partial charge in [0.05, 0.1) is 5.69 Å². The molecule has 1 aromatic rings. The maximum absolute atomic E-state index is 11.9. The number of hydrogen-bond acceptors (Lipinski definition) is 3. The Labute approximate surface area is 102 Å². The highest BCUT2D eigenvalue weighted by Gasteiger charge is 2.27. The van der Waals surface area contributed by atoms with Crippen LogP contribution in [0.15, 0.2) is 4.79 Å². The van der Waals surface area contributed by atoms with E-state index in [9.17, 15) is 4.79 Å². The van der Waals surface area contributed by atoms with Gasteiger partial charge in [-0.2, -0.15) is 0 Å². The molecular weight excluding hydrogens is 214 g/mol. The smallest absolute Gasteiger partial charge is 0.254 e. The van der Waals surface area contributed by atoms with Gasteiger partial charge in [0.2, 0.25) is 0 Å². The van der Waals surface area contributed by atoms with Crippen molar-refractivity contribution in [1.82, 2.24) is 9.97 Å². The molecular formula is C13H21N3O. The molecule has 0 aliphatic heterocycles. The third kappa shape index (κ3) is 2.41. The number of aromatic nitrogens is 2. The summed E-state index contributed by atoms with van der Waals surface area (Å²) in [5.74, 6) is 0.958. The largest absolute Gasteiger partial charge is 0.327 e. The van der Waals surface area contributed by atoms with E-state index in [1.165, 1.54) is 12.8 Å². The van der Waals surface area contributed by atoms with Crippen LogP contribution in [-0.2, 0) is 6.42 Å². The molecule has 0 spiro atoms. The fourth-order valence-corrected chi connectivity index (χ4v) is 2.78. The molecule has 1 aliphatic carbocycles. The molecule has 0 saturated heterocycles. The van der Waals surface area contributed by atoms with Gasteiger partial charge < -0.3 is 10.7 Å². The Hall–Kier alpha value is -1.16. The van der Waals surface area contributed by atoms with Gasteiger partial charge >= 0.3 is 0 Å². The van der Waals surface area contributed by atoms with Crippen LogP contribution in [0.5, 0.6) is 0 Å². The normalized spacial score (nSPS) is 24.9. The first-order valence-electron chi connectivity index (χ1n) is 6.48. The summed E-state index contributed by atoms with van der Waals surface area (Å²) >= 11 is 0. The minimum atomic E-state index is 0.00720. The van der Waals surface area contributed by atoms with E-state index in [2.05, 4.69) is 9.97 Å². The molecule has 1 aromatic heterocycles. The molecule has 0 bridgehead atoms. The average molecular weight is 235 g/mol. The Bertz CT molecular complexity index is 452. The lowest BCUT2D eigenvalue weighted by Gasteiger charge is -2.29. The van der Waals surface area contributed by atoms with Crippen molar-refractivity contribution in [1.29, 1.82) is 0 Å². The third-order valence-electron chi connectivity index (χ3n) is 3.69. The third-order valence-corrected chi connectivity index (χ3v) is 3.69. The highest BCUT2D eigenvalue weighted by atomic mass is 16.1. The number of nitrogens with one attached hydrogen (secondary N) is 1. The summed E-state index contributed by atoms with van der Waals surface area (Å²) < 4.78 is 0. The summed E-state index contributed by atoms with van der Waals surface area (Å²) in [5, 5.41) is 0. The second-order valence-corrected chi connectivity index (χ2v) is 4.92. The Morgan fingerprint density at radius 2 is 2.12 bits per heavy atom. The lowest BCUT2D eigenvalue weighted by Crippen LogP contribution is -2.34. The maximum atomic E-state index is 11.9. The van der Waals surface area contributed by atoms with Crippen molar-refractivity contribution >= 4 is 0 Å². The van der Waals surface area contributed by atoms with E-state index in [0.29, 0.717) is 5.82 Å². The van der Waals surface area contributed by atoms with Gasteiger partial charge in [-0.1, -0.05) is 19.8 Å². The van der Waals surface area contributed by atoms with E-state index in [1.807, 2.05) is 13.8 Å². The van der Waals surface area contributed by atoms with E-state index in [1.54, 1.807) is 0 Å².